The first-order chi connectivity index (χ1) is 8.86. The van der Waals surface area contributed by atoms with Crippen molar-refractivity contribution in [1.29, 1.82) is 0 Å². The van der Waals surface area contributed by atoms with Gasteiger partial charge in [-0.1, -0.05) is 6.92 Å². The molecule has 8 heteroatoms. The van der Waals surface area contributed by atoms with Crippen LogP contribution in [0.4, 0.5) is 5.95 Å². The van der Waals surface area contributed by atoms with Gasteiger partial charge in [-0.3, -0.25) is 0 Å². The largest absolute Gasteiger partial charge is 0.368 e. The molecule has 0 aliphatic carbocycles. The second kappa shape index (κ2) is 6.78. The zero-order chi connectivity index (χ0) is 14.5. The lowest BCUT2D eigenvalue weighted by Gasteiger charge is -2.23. The van der Waals surface area contributed by atoms with Crippen molar-refractivity contribution in [1.82, 2.24) is 19.6 Å². The van der Waals surface area contributed by atoms with Gasteiger partial charge in [0.2, 0.25) is 16.0 Å². The minimum Gasteiger partial charge on any atom is -0.368 e. The number of sulfonamides is 1. The van der Waals surface area contributed by atoms with Gasteiger partial charge in [-0.15, -0.1) is 0 Å². The standard InChI is InChI=1S/C11H21N5O2S/c1-4-9(2)16(3)6-5-15-19(17,18)10-7-13-11(12)14-8-10/h7-9,15H,4-6H2,1-3H3,(H2,12,13,14). The number of likely N-dealkylation sites (N-methyl/N-ethyl adjacent to an activating group) is 1. The molecule has 0 bridgehead atoms. The van der Waals surface area contributed by atoms with Crippen LogP contribution in [0.5, 0.6) is 0 Å². The quantitative estimate of drug-likeness (QED) is 0.736. The lowest BCUT2D eigenvalue weighted by atomic mass is 10.2. The van der Waals surface area contributed by atoms with E-state index in [0.29, 0.717) is 19.1 Å². The minimum absolute atomic E-state index is 0.0212. The highest BCUT2D eigenvalue weighted by Crippen LogP contribution is 2.05. The van der Waals surface area contributed by atoms with Gasteiger partial charge < -0.3 is 10.6 Å². The molecular weight excluding hydrogens is 266 g/mol. The molecule has 0 aliphatic rings. The monoisotopic (exact) mass is 287 g/mol. The fourth-order valence-electron chi connectivity index (χ4n) is 1.44. The Bertz CT molecular complexity index is 488. The zero-order valence-corrected chi connectivity index (χ0v) is 12.3. The first-order valence-corrected chi connectivity index (χ1v) is 7.62. The molecule has 1 unspecified atom stereocenters. The Balaban J connectivity index is 2.54. The van der Waals surface area contributed by atoms with Crippen molar-refractivity contribution in [3.8, 4) is 0 Å². The summed E-state index contributed by atoms with van der Waals surface area (Å²) in [5, 5.41) is 0. The van der Waals surface area contributed by atoms with Crippen molar-refractivity contribution in [2.24, 2.45) is 0 Å². The van der Waals surface area contributed by atoms with E-state index in [4.69, 9.17) is 5.73 Å². The van der Waals surface area contributed by atoms with Gasteiger partial charge in [0.1, 0.15) is 4.90 Å². The summed E-state index contributed by atoms with van der Waals surface area (Å²) in [5.41, 5.74) is 5.31. The number of nitrogens with two attached hydrogens (primary N) is 1. The molecule has 1 aromatic rings. The van der Waals surface area contributed by atoms with Gasteiger partial charge in [-0.25, -0.2) is 23.1 Å². The van der Waals surface area contributed by atoms with Crippen molar-refractivity contribution < 1.29 is 8.42 Å². The second-order valence-electron chi connectivity index (χ2n) is 4.41. The molecule has 19 heavy (non-hydrogen) atoms. The van der Waals surface area contributed by atoms with Crippen molar-refractivity contribution in [2.45, 2.75) is 31.2 Å². The van der Waals surface area contributed by atoms with Crippen LogP contribution in [0, 0.1) is 0 Å². The fourth-order valence-corrected chi connectivity index (χ4v) is 2.35. The molecule has 0 spiro atoms. The predicted molar refractivity (Wildman–Crippen MR) is 74.0 cm³/mol. The van der Waals surface area contributed by atoms with Gasteiger partial charge in [0.05, 0.1) is 12.4 Å². The molecule has 0 amide bonds. The Kier molecular flexibility index (Phi) is 5.64. The summed E-state index contributed by atoms with van der Waals surface area (Å²) in [6.07, 6.45) is 3.42. The second-order valence-corrected chi connectivity index (χ2v) is 6.18. The van der Waals surface area contributed by atoms with Gasteiger partial charge in [-0.05, 0) is 20.4 Å². The van der Waals surface area contributed by atoms with E-state index in [9.17, 15) is 8.42 Å². The first-order valence-electron chi connectivity index (χ1n) is 6.14. The third-order valence-electron chi connectivity index (χ3n) is 3.06. The van der Waals surface area contributed by atoms with Crippen molar-refractivity contribution in [2.75, 3.05) is 25.9 Å². The van der Waals surface area contributed by atoms with Crippen LogP contribution in [0.3, 0.4) is 0 Å². The Morgan fingerprint density at radius 1 is 1.42 bits per heavy atom. The Morgan fingerprint density at radius 3 is 2.53 bits per heavy atom. The third-order valence-corrected chi connectivity index (χ3v) is 4.47. The average Bonchev–Trinajstić information content (AvgIpc) is 2.37. The topological polar surface area (TPSA) is 101 Å². The van der Waals surface area contributed by atoms with Gasteiger partial charge >= 0.3 is 0 Å². The van der Waals surface area contributed by atoms with Gasteiger partial charge in [-0.2, -0.15) is 0 Å². The van der Waals surface area contributed by atoms with Gasteiger partial charge in [0, 0.05) is 19.1 Å². The summed E-state index contributed by atoms with van der Waals surface area (Å²) in [6.45, 7) is 5.18. The van der Waals surface area contributed by atoms with Crippen LogP contribution >= 0.6 is 0 Å². The van der Waals surface area contributed by atoms with Crippen LogP contribution in [0.2, 0.25) is 0 Å². The number of hydrogen-bond donors (Lipinski definition) is 2. The Morgan fingerprint density at radius 2 is 2.00 bits per heavy atom. The van der Waals surface area contributed by atoms with Gasteiger partial charge in [0.25, 0.3) is 0 Å². The molecule has 0 fully saturated rings. The minimum atomic E-state index is -3.56. The summed E-state index contributed by atoms with van der Waals surface area (Å²) in [6, 6.07) is 0.421. The highest BCUT2D eigenvalue weighted by atomic mass is 32.2. The molecule has 0 radical (unpaired) electrons. The summed E-state index contributed by atoms with van der Waals surface area (Å²) in [4.78, 5) is 9.45. The number of nitrogens with one attached hydrogen (secondary N) is 1. The number of anilines is 1. The zero-order valence-electron chi connectivity index (χ0n) is 11.5. The van der Waals surface area contributed by atoms with Crippen LogP contribution in [-0.2, 0) is 10.0 Å². The van der Waals surface area contributed by atoms with E-state index >= 15 is 0 Å². The molecule has 3 N–H and O–H groups in total. The molecule has 1 rings (SSSR count). The molecule has 1 aromatic heterocycles. The Labute approximate surface area is 114 Å². The normalized spacial score (nSPS) is 13.7. The first kappa shape index (κ1) is 15.8. The number of hydrogen-bond acceptors (Lipinski definition) is 6. The molecule has 1 atom stereocenters. The molecule has 0 saturated heterocycles. The van der Waals surface area contributed by atoms with E-state index in [1.54, 1.807) is 0 Å². The molecule has 0 saturated carbocycles. The maximum atomic E-state index is 11.9. The molecular formula is C11H21N5O2S. The molecule has 0 aromatic carbocycles. The maximum absolute atomic E-state index is 11.9. The number of nitrogens with zero attached hydrogens (tertiary/aromatic N) is 3. The smallest absolute Gasteiger partial charge is 0.243 e. The van der Waals surface area contributed by atoms with E-state index in [1.165, 1.54) is 12.4 Å². The van der Waals surface area contributed by atoms with Crippen LogP contribution < -0.4 is 10.5 Å². The highest BCUT2D eigenvalue weighted by Gasteiger charge is 2.15. The SMILES string of the molecule is CCC(C)N(C)CCNS(=O)(=O)c1cnc(N)nc1. The number of rotatable bonds is 7. The van der Waals surface area contributed by atoms with Crippen LogP contribution in [0.15, 0.2) is 17.3 Å². The average molecular weight is 287 g/mol. The van der Waals surface area contributed by atoms with Crippen LogP contribution in [0.25, 0.3) is 0 Å². The summed E-state index contributed by atoms with van der Waals surface area (Å²) in [7, 11) is -1.60. The summed E-state index contributed by atoms with van der Waals surface area (Å²) in [5.74, 6) is 0.0513. The number of aromatic nitrogens is 2. The molecule has 7 nitrogen and oxygen atoms in total. The van der Waals surface area contributed by atoms with Gasteiger partial charge in [0.15, 0.2) is 0 Å². The van der Waals surface area contributed by atoms with Crippen molar-refractivity contribution in [3.05, 3.63) is 12.4 Å². The van der Waals surface area contributed by atoms with Crippen molar-refractivity contribution in [3.63, 3.8) is 0 Å². The van der Waals surface area contributed by atoms with E-state index in [1.807, 2.05) is 7.05 Å². The Hall–Kier alpha value is -1.25. The molecule has 108 valence electrons. The van der Waals surface area contributed by atoms with Crippen LogP contribution in [-0.4, -0.2) is 49.5 Å². The van der Waals surface area contributed by atoms with Crippen LogP contribution in [0.1, 0.15) is 20.3 Å². The third kappa shape index (κ3) is 4.73. The molecule has 0 aliphatic heterocycles. The van der Waals surface area contributed by atoms with E-state index in [2.05, 4.69) is 33.4 Å². The maximum Gasteiger partial charge on any atom is 0.243 e. The summed E-state index contributed by atoms with van der Waals surface area (Å²) < 4.78 is 26.3. The number of nitrogen functional groups attached to an aromatic ring is 1. The fraction of sp³-hybridized carbons (Fsp3) is 0.636. The highest BCUT2D eigenvalue weighted by molar-refractivity contribution is 7.89. The van der Waals surface area contributed by atoms with Crippen molar-refractivity contribution >= 4 is 16.0 Å². The lowest BCUT2D eigenvalue weighted by molar-refractivity contribution is 0.256. The van der Waals surface area contributed by atoms with E-state index in [0.717, 1.165) is 6.42 Å². The van der Waals surface area contributed by atoms with E-state index in [-0.39, 0.29) is 10.8 Å². The molecule has 1 heterocycles. The van der Waals surface area contributed by atoms with E-state index < -0.39 is 10.0 Å². The lowest BCUT2D eigenvalue weighted by Crippen LogP contribution is -2.37. The summed E-state index contributed by atoms with van der Waals surface area (Å²) >= 11 is 0. The predicted octanol–water partition coefficient (Wildman–Crippen LogP) is 0.0674.